The van der Waals surface area contributed by atoms with Crippen LogP contribution >= 0.6 is 24.8 Å². The summed E-state index contributed by atoms with van der Waals surface area (Å²) in [6.07, 6.45) is 0. The van der Waals surface area contributed by atoms with Gasteiger partial charge in [-0.1, -0.05) is 0 Å². The highest BCUT2D eigenvalue weighted by atomic mass is 35.5. The van der Waals surface area contributed by atoms with Gasteiger partial charge in [-0.05, 0) is 32.9 Å². The van der Waals surface area contributed by atoms with Crippen molar-refractivity contribution >= 4 is 52.6 Å². The van der Waals surface area contributed by atoms with Crippen LogP contribution in [0.25, 0.3) is 21.9 Å². The number of nitrogens with zero attached hydrogens (tertiary/aromatic N) is 3. The molecule has 2 heterocycles. The van der Waals surface area contributed by atoms with Gasteiger partial charge in [0.05, 0.1) is 23.2 Å². The van der Waals surface area contributed by atoms with Crippen LogP contribution in [0, 0.1) is 0 Å². The molecular weight excluding hydrogens is 417 g/mol. The van der Waals surface area contributed by atoms with Crippen LogP contribution in [0.1, 0.15) is 26.6 Å². The fourth-order valence-electron chi connectivity index (χ4n) is 3.07. The van der Waals surface area contributed by atoms with E-state index in [1.165, 1.54) is 0 Å². The zero-order valence-corrected chi connectivity index (χ0v) is 18.5. The van der Waals surface area contributed by atoms with Crippen molar-refractivity contribution < 1.29 is 14.6 Å². The number of ether oxygens (including phenoxy) is 2. The lowest BCUT2D eigenvalue weighted by atomic mass is 10.1. The van der Waals surface area contributed by atoms with Gasteiger partial charge in [-0.15, -0.1) is 24.8 Å². The Kier molecular flexibility index (Phi) is 8.92. The van der Waals surface area contributed by atoms with Gasteiger partial charge in [0.1, 0.15) is 30.3 Å². The van der Waals surface area contributed by atoms with Gasteiger partial charge in [0.25, 0.3) is 0 Å². The quantitative estimate of drug-likeness (QED) is 0.486. The molecule has 0 saturated carbocycles. The molecule has 3 rings (SSSR count). The second-order valence-corrected chi connectivity index (χ2v) is 7.07. The van der Waals surface area contributed by atoms with Crippen LogP contribution in [0.2, 0.25) is 0 Å². The maximum atomic E-state index is 10.4. The zero-order valence-electron chi connectivity index (χ0n) is 16.8. The molecule has 0 atom stereocenters. The lowest BCUT2D eigenvalue weighted by molar-refractivity contribution is 0.0582. The third kappa shape index (κ3) is 5.61. The molecule has 29 heavy (non-hydrogen) atoms. The fourth-order valence-corrected chi connectivity index (χ4v) is 3.07. The molecule has 2 aromatic heterocycles. The van der Waals surface area contributed by atoms with E-state index in [1.807, 2.05) is 29.7 Å². The van der Waals surface area contributed by atoms with Gasteiger partial charge in [0.2, 0.25) is 0 Å². The minimum atomic E-state index is -0.927. The van der Waals surface area contributed by atoms with Crippen molar-refractivity contribution in [3.05, 3.63) is 24.0 Å². The zero-order chi connectivity index (χ0) is 19.6. The van der Waals surface area contributed by atoms with E-state index in [1.54, 1.807) is 13.8 Å². The van der Waals surface area contributed by atoms with Crippen molar-refractivity contribution in [2.75, 3.05) is 25.5 Å². The number of aromatic nitrogens is 3. The van der Waals surface area contributed by atoms with Gasteiger partial charge >= 0.3 is 0 Å². The summed E-state index contributed by atoms with van der Waals surface area (Å²) in [6, 6.07) is 5.65. The molecule has 162 valence electrons. The van der Waals surface area contributed by atoms with Crippen molar-refractivity contribution in [2.45, 2.75) is 39.5 Å². The van der Waals surface area contributed by atoms with Gasteiger partial charge in [-0.2, -0.15) is 0 Å². The number of pyridine rings is 1. The number of benzene rings is 1. The van der Waals surface area contributed by atoms with E-state index in [9.17, 15) is 5.11 Å². The maximum Gasteiger partial charge on any atom is 0.152 e. The molecule has 8 nitrogen and oxygen atoms in total. The molecule has 0 aliphatic carbocycles. The summed E-state index contributed by atoms with van der Waals surface area (Å²) in [5, 5.41) is 11.3. The standard InChI is InChI=1S/C19H27N5O3.2ClH/c1-4-26-10-15-23-16-17(24(15)11-19(2,3)25)13-6-5-12(27-8-7-20)9-14(13)22-18(16)21;;/h5-6,9,25H,4,7-8,10-11,20H2,1-3H3,(H2,21,22);2*1H. The number of aliphatic hydroxyl groups is 1. The van der Waals surface area contributed by atoms with Crippen molar-refractivity contribution in [2.24, 2.45) is 5.73 Å². The molecule has 5 N–H and O–H groups in total. The molecule has 0 unspecified atom stereocenters. The highest BCUT2D eigenvalue weighted by molar-refractivity contribution is 6.06. The number of imidazole rings is 1. The van der Waals surface area contributed by atoms with Crippen molar-refractivity contribution in [1.29, 1.82) is 0 Å². The topological polar surface area (TPSA) is 121 Å². The normalized spacial score (nSPS) is 11.3. The Bertz CT molecular complexity index is 957. The van der Waals surface area contributed by atoms with Crippen LogP contribution in [-0.4, -0.2) is 45.0 Å². The van der Waals surface area contributed by atoms with Crippen LogP contribution in [0.15, 0.2) is 18.2 Å². The minimum Gasteiger partial charge on any atom is -0.492 e. The van der Waals surface area contributed by atoms with Gasteiger partial charge < -0.3 is 30.6 Å². The van der Waals surface area contributed by atoms with Gasteiger partial charge in [-0.25, -0.2) is 9.97 Å². The fraction of sp³-hybridized carbons (Fsp3) is 0.474. The Morgan fingerprint density at radius 3 is 2.55 bits per heavy atom. The van der Waals surface area contributed by atoms with Crippen LogP contribution in [-0.2, 0) is 17.9 Å². The number of hydrogen-bond donors (Lipinski definition) is 3. The van der Waals surface area contributed by atoms with E-state index in [4.69, 9.17) is 20.9 Å². The number of nitrogens with two attached hydrogens (primary N) is 2. The van der Waals surface area contributed by atoms with E-state index in [2.05, 4.69) is 9.97 Å². The smallest absolute Gasteiger partial charge is 0.152 e. The Morgan fingerprint density at radius 1 is 1.21 bits per heavy atom. The third-order valence-electron chi connectivity index (χ3n) is 4.12. The molecular formula is C19H29Cl2N5O3. The molecule has 0 aliphatic heterocycles. The Hall–Kier alpha value is -1.84. The van der Waals surface area contributed by atoms with E-state index < -0.39 is 5.60 Å². The molecule has 0 radical (unpaired) electrons. The highest BCUT2D eigenvalue weighted by Crippen LogP contribution is 2.32. The van der Waals surface area contributed by atoms with E-state index in [0.29, 0.717) is 61.3 Å². The van der Waals surface area contributed by atoms with E-state index >= 15 is 0 Å². The summed E-state index contributed by atoms with van der Waals surface area (Å²) in [6.45, 7) is 7.57. The Labute approximate surface area is 182 Å². The number of halogens is 2. The van der Waals surface area contributed by atoms with Gasteiger partial charge in [-0.3, -0.25) is 0 Å². The second-order valence-electron chi connectivity index (χ2n) is 7.07. The summed E-state index contributed by atoms with van der Waals surface area (Å²) in [5.74, 6) is 1.72. The molecule has 1 aromatic carbocycles. The molecule has 0 fully saturated rings. The summed E-state index contributed by atoms with van der Waals surface area (Å²) in [4.78, 5) is 9.14. The maximum absolute atomic E-state index is 10.4. The first-order valence-electron chi connectivity index (χ1n) is 9.05. The van der Waals surface area contributed by atoms with Gasteiger partial charge in [0, 0.05) is 24.6 Å². The molecule has 0 aliphatic rings. The number of anilines is 1. The SMILES string of the molecule is CCOCc1nc2c(N)nc3cc(OCCN)ccc3c2n1CC(C)(C)O.Cl.Cl. The summed E-state index contributed by atoms with van der Waals surface area (Å²) >= 11 is 0. The largest absolute Gasteiger partial charge is 0.492 e. The number of nitrogen functional groups attached to an aromatic ring is 1. The predicted molar refractivity (Wildman–Crippen MR) is 120 cm³/mol. The first kappa shape index (κ1) is 25.2. The van der Waals surface area contributed by atoms with Crippen molar-refractivity contribution in [3.8, 4) is 5.75 Å². The lowest BCUT2D eigenvalue weighted by Crippen LogP contribution is -2.27. The monoisotopic (exact) mass is 445 g/mol. The number of hydrogen-bond acceptors (Lipinski definition) is 7. The van der Waals surface area contributed by atoms with E-state index in [-0.39, 0.29) is 24.8 Å². The minimum absolute atomic E-state index is 0. The molecule has 10 heteroatoms. The molecule has 0 saturated heterocycles. The van der Waals surface area contributed by atoms with Crippen molar-refractivity contribution in [3.63, 3.8) is 0 Å². The molecule has 0 bridgehead atoms. The average molecular weight is 446 g/mol. The first-order valence-corrected chi connectivity index (χ1v) is 9.05. The highest BCUT2D eigenvalue weighted by Gasteiger charge is 2.22. The van der Waals surface area contributed by atoms with Crippen LogP contribution in [0.4, 0.5) is 5.82 Å². The summed E-state index contributed by atoms with van der Waals surface area (Å²) < 4.78 is 13.1. The average Bonchev–Trinajstić information content (AvgIpc) is 2.95. The first-order chi connectivity index (χ1) is 12.8. The van der Waals surface area contributed by atoms with Crippen LogP contribution in [0.5, 0.6) is 5.75 Å². The number of rotatable bonds is 8. The second kappa shape index (κ2) is 10.3. The lowest BCUT2D eigenvalue weighted by Gasteiger charge is -2.20. The summed E-state index contributed by atoms with van der Waals surface area (Å²) in [7, 11) is 0. The molecule has 0 spiro atoms. The Balaban J connectivity index is 0.00000210. The van der Waals surface area contributed by atoms with E-state index in [0.717, 1.165) is 10.9 Å². The summed E-state index contributed by atoms with van der Waals surface area (Å²) in [5.41, 5.74) is 12.9. The molecule has 0 amide bonds. The predicted octanol–water partition coefficient (Wildman–Crippen LogP) is 2.66. The van der Waals surface area contributed by atoms with Gasteiger partial charge in [0.15, 0.2) is 5.82 Å². The number of fused-ring (bicyclic) bond motifs is 3. The van der Waals surface area contributed by atoms with Crippen LogP contribution < -0.4 is 16.2 Å². The van der Waals surface area contributed by atoms with Crippen molar-refractivity contribution in [1.82, 2.24) is 14.5 Å². The molecule has 3 aromatic rings. The van der Waals surface area contributed by atoms with Crippen LogP contribution in [0.3, 0.4) is 0 Å². The third-order valence-corrected chi connectivity index (χ3v) is 4.12. The Morgan fingerprint density at radius 2 is 1.93 bits per heavy atom.